The summed E-state index contributed by atoms with van der Waals surface area (Å²) in [5, 5.41) is 5.86. The van der Waals surface area contributed by atoms with Gasteiger partial charge in [-0.3, -0.25) is 4.98 Å². The molecule has 1 N–H and O–H groups in total. The van der Waals surface area contributed by atoms with Gasteiger partial charge in [-0.15, -0.1) is 11.3 Å². The zero-order chi connectivity index (χ0) is 15.4. The first-order valence-electron chi connectivity index (χ1n) is 6.58. The van der Waals surface area contributed by atoms with Gasteiger partial charge in [0.15, 0.2) is 5.13 Å². The van der Waals surface area contributed by atoms with Gasteiger partial charge in [0.05, 0.1) is 18.4 Å². The van der Waals surface area contributed by atoms with Gasteiger partial charge in [0.25, 0.3) is 0 Å². The van der Waals surface area contributed by atoms with Gasteiger partial charge in [-0.1, -0.05) is 12.1 Å². The van der Waals surface area contributed by atoms with E-state index in [0.717, 1.165) is 22.2 Å². The number of aromatic nitrogens is 2. The number of esters is 1. The molecule has 6 heteroatoms. The normalized spacial score (nSPS) is 10.2. The molecule has 1 aromatic carbocycles. The number of ether oxygens (including phenoxy) is 1. The van der Waals surface area contributed by atoms with Crippen molar-refractivity contribution in [2.45, 2.75) is 0 Å². The fourth-order valence-electron chi connectivity index (χ4n) is 1.93. The zero-order valence-electron chi connectivity index (χ0n) is 11.8. The van der Waals surface area contributed by atoms with Crippen LogP contribution in [0.2, 0.25) is 0 Å². The summed E-state index contributed by atoms with van der Waals surface area (Å²) in [7, 11) is 1.36. The molecule has 0 spiro atoms. The SMILES string of the molecule is COC(=O)c1cccc(Nc2nc(-c3ccccn3)cs2)c1. The number of hydrogen-bond donors (Lipinski definition) is 1. The number of pyridine rings is 1. The van der Waals surface area contributed by atoms with E-state index in [4.69, 9.17) is 4.74 Å². The van der Waals surface area contributed by atoms with Gasteiger partial charge in [0.2, 0.25) is 0 Å². The minimum Gasteiger partial charge on any atom is -0.465 e. The highest BCUT2D eigenvalue weighted by atomic mass is 32.1. The van der Waals surface area contributed by atoms with Gasteiger partial charge < -0.3 is 10.1 Å². The van der Waals surface area contributed by atoms with Gasteiger partial charge in [0, 0.05) is 17.3 Å². The highest BCUT2D eigenvalue weighted by Gasteiger charge is 2.08. The van der Waals surface area contributed by atoms with Crippen LogP contribution in [0.3, 0.4) is 0 Å². The van der Waals surface area contributed by atoms with Crippen molar-refractivity contribution in [1.29, 1.82) is 0 Å². The van der Waals surface area contributed by atoms with Crippen LogP contribution in [0.5, 0.6) is 0 Å². The van der Waals surface area contributed by atoms with Crippen LogP contribution >= 0.6 is 11.3 Å². The maximum Gasteiger partial charge on any atom is 0.337 e. The molecule has 0 saturated carbocycles. The summed E-state index contributed by atoms with van der Waals surface area (Å²) in [6.07, 6.45) is 1.74. The predicted octanol–water partition coefficient (Wildman–Crippen LogP) is 3.74. The smallest absolute Gasteiger partial charge is 0.337 e. The Balaban J connectivity index is 1.80. The summed E-state index contributed by atoms with van der Waals surface area (Å²) in [5.74, 6) is -0.364. The second-order valence-electron chi connectivity index (χ2n) is 4.45. The fourth-order valence-corrected chi connectivity index (χ4v) is 2.65. The highest BCUT2D eigenvalue weighted by molar-refractivity contribution is 7.14. The van der Waals surface area contributed by atoms with Crippen LogP contribution < -0.4 is 5.32 Å². The Hall–Kier alpha value is -2.73. The first-order chi connectivity index (χ1) is 10.8. The maximum atomic E-state index is 11.5. The molecule has 0 aliphatic carbocycles. The van der Waals surface area contributed by atoms with Crippen LogP contribution in [0.4, 0.5) is 10.8 Å². The number of benzene rings is 1. The second kappa shape index (κ2) is 6.36. The average Bonchev–Trinajstić information content (AvgIpc) is 3.03. The van der Waals surface area contributed by atoms with E-state index >= 15 is 0 Å². The zero-order valence-corrected chi connectivity index (χ0v) is 12.6. The molecule has 110 valence electrons. The monoisotopic (exact) mass is 311 g/mol. The summed E-state index contributed by atoms with van der Waals surface area (Å²) >= 11 is 1.48. The topological polar surface area (TPSA) is 64.1 Å². The number of anilines is 2. The van der Waals surface area contributed by atoms with Crippen molar-refractivity contribution in [1.82, 2.24) is 9.97 Å². The number of carbonyl (C=O) groups is 1. The summed E-state index contributed by atoms with van der Waals surface area (Å²) in [6, 6.07) is 12.8. The number of thiazole rings is 1. The molecule has 2 heterocycles. The molecule has 0 unspecified atom stereocenters. The quantitative estimate of drug-likeness (QED) is 0.744. The average molecular weight is 311 g/mol. The van der Waals surface area contributed by atoms with Crippen LogP contribution in [0.1, 0.15) is 10.4 Å². The first-order valence-corrected chi connectivity index (χ1v) is 7.46. The van der Waals surface area contributed by atoms with Crippen molar-refractivity contribution < 1.29 is 9.53 Å². The molecule has 0 fully saturated rings. The van der Waals surface area contributed by atoms with Gasteiger partial charge >= 0.3 is 5.97 Å². The van der Waals surface area contributed by atoms with Crippen LogP contribution in [0.25, 0.3) is 11.4 Å². The van der Waals surface area contributed by atoms with Gasteiger partial charge in [-0.2, -0.15) is 0 Å². The molecule has 0 saturated heterocycles. The predicted molar refractivity (Wildman–Crippen MR) is 86.4 cm³/mol. The van der Waals surface area contributed by atoms with E-state index in [9.17, 15) is 4.79 Å². The Labute approximate surface area is 131 Å². The van der Waals surface area contributed by atoms with Gasteiger partial charge in [-0.25, -0.2) is 9.78 Å². The Morgan fingerprint density at radius 3 is 2.86 bits per heavy atom. The lowest BCUT2D eigenvalue weighted by Crippen LogP contribution is -2.01. The lowest BCUT2D eigenvalue weighted by atomic mass is 10.2. The Kier molecular flexibility index (Phi) is 4.11. The molecule has 0 aliphatic heterocycles. The first kappa shape index (κ1) is 14.2. The fraction of sp³-hybridized carbons (Fsp3) is 0.0625. The Morgan fingerprint density at radius 2 is 2.09 bits per heavy atom. The van der Waals surface area contributed by atoms with Gasteiger partial charge in [0.1, 0.15) is 5.69 Å². The van der Waals surface area contributed by atoms with E-state index in [1.54, 1.807) is 24.4 Å². The number of nitrogens with zero attached hydrogens (tertiary/aromatic N) is 2. The molecule has 3 rings (SSSR count). The minimum absolute atomic E-state index is 0.364. The van der Waals surface area contributed by atoms with Crippen molar-refractivity contribution in [2.75, 3.05) is 12.4 Å². The number of rotatable bonds is 4. The van der Waals surface area contributed by atoms with Crippen molar-refractivity contribution in [2.24, 2.45) is 0 Å². The van der Waals surface area contributed by atoms with Crippen molar-refractivity contribution in [3.63, 3.8) is 0 Å². The molecule has 5 nitrogen and oxygen atoms in total. The van der Waals surface area contributed by atoms with Crippen LogP contribution in [0, 0.1) is 0 Å². The molecular formula is C16H13N3O2S. The van der Waals surface area contributed by atoms with E-state index in [1.807, 2.05) is 29.6 Å². The summed E-state index contributed by atoms with van der Waals surface area (Å²) < 4.78 is 4.72. The highest BCUT2D eigenvalue weighted by Crippen LogP contribution is 2.26. The molecule has 0 aliphatic rings. The van der Waals surface area contributed by atoms with Crippen LogP contribution in [-0.4, -0.2) is 23.0 Å². The summed E-state index contributed by atoms with van der Waals surface area (Å²) in [6.45, 7) is 0. The Bertz CT molecular complexity index is 787. The molecule has 3 aromatic rings. The van der Waals surface area contributed by atoms with E-state index in [0.29, 0.717) is 5.56 Å². The second-order valence-corrected chi connectivity index (χ2v) is 5.31. The van der Waals surface area contributed by atoms with Crippen LogP contribution in [-0.2, 0) is 4.74 Å². The minimum atomic E-state index is -0.364. The van der Waals surface area contributed by atoms with E-state index in [1.165, 1.54) is 18.4 Å². The molecule has 0 amide bonds. The van der Waals surface area contributed by atoms with E-state index < -0.39 is 0 Å². The third kappa shape index (κ3) is 3.12. The third-order valence-electron chi connectivity index (χ3n) is 2.97. The lowest BCUT2D eigenvalue weighted by molar-refractivity contribution is 0.0601. The molecule has 2 aromatic heterocycles. The van der Waals surface area contributed by atoms with Crippen molar-refractivity contribution >= 4 is 28.1 Å². The summed E-state index contributed by atoms with van der Waals surface area (Å²) in [4.78, 5) is 20.3. The molecule has 0 bridgehead atoms. The molecule has 0 radical (unpaired) electrons. The molecular weight excluding hydrogens is 298 g/mol. The number of hydrogen-bond acceptors (Lipinski definition) is 6. The number of nitrogens with one attached hydrogen (secondary N) is 1. The summed E-state index contributed by atoms with van der Waals surface area (Å²) in [5.41, 5.74) is 2.92. The maximum absolute atomic E-state index is 11.5. The van der Waals surface area contributed by atoms with E-state index in [-0.39, 0.29) is 5.97 Å². The van der Waals surface area contributed by atoms with Crippen molar-refractivity contribution in [3.05, 3.63) is 59.6 Å². The van der Waals surface area contributed by atoms with Gasteiger partial charge in [-0.05, 0) is 30.3 Å². The standard InChI is InChI=1S/C16H13N3O2S/c1-21-15(20)11-5-4-6-12(9-11)18-16-19-14(10-22-16)13-7-2-3-8-17-13/h2-10H,1H3,(H,18,19). The molecule has 0 atom stereocenters. The van der Waals surface area contributed by atoms with Crippen molar-refractivity contribution in [3.8, 4) is 11.4 Å². The number of methoxy groups -OCH3 is 1. The lowest BCUT2D eigenvalue weighted by Gasteiger charge is -2.04. The largest absolute Gasteiger partial charge is 0.465 e. The van der Waals surface area contributed by atoms with E-state index in [2.05, 4.69) is 15.3 Å². The molecule has 22 heavy (non-hydrogen) atoms. The number of carbonyl (C=O) groups excluding carboxylic acids is 1. The third-order valence-corrected chi connectivity index (χ3v) is 3.72. The van der Waals surface area contributed by atoms with Crippen LogP contribution in [0.15, 0.2) is 54.0 Å². The Morgan fingerprint density at radius 1 is 1.18 bits per heavy atom.